The van der Waals surface area contributed by atoms with E-state index in [1.54, 1.807) is 4.90 Å². The molecule has 3 rings (SSSR count). The van der Waals surface area contributed by atoms with E-state index in [0.29, 0.717) is 19.7 Å². The molecule has 0 aliphatic carbocycles. The van der Waals surface area contributed by atoms with E-state index in [2.05, 4.69) is 15.3 Å². The van der Waals surface area contributed by atoms with E-state index in [1.807, 2.05) is 30.3 Å². The largest absolute Gasteiger partial charge is 0.492 e. The Hall–Kier alpha value is -3.49. The molecular weight excluding hydrogens is 352 g/mol. The fraction of sp³-hybridized carbons (Fsp3) is 0.278. The van der Waals surface area contributed by atoms with Crippen LogP contribution in [0.3, 0.4) is 0 Å². The average Bonchev–Trinajstić information content (AvgIpc) is 3.01. The highest BCUT2D eigenvalue weighted by Gasteiger charge is 2.30. The van der Waals surface area contributed by atoms with Crippen LogP contribution in [0.2, 0.25) is 0 Å². The quantitative estimate of drug-likeness (QED) is 0.731. The summed E-state index contributed by atoms with van der Waals surface area (Å²) >= 11 is 0. The summed E-state index contributed by atoms with van der Waals surface area (Å²) in [5.74, 6) is -1.05. The molecule has 140 valence electrons. The van der Waals surface area contributed by atoms with Crippen molar-refractivity contribution < 1.29 is 24.2 Å². The zero-order valence-electron chi connectivity index (χ0n) is 14.4. The molecule has 2 N–H and O–H groups in total. The molecule has 2 heterocycles. The van der Waals surface area contributed by atoms with Gasteiger partial charge in [0.2, 0.25) is 5.91 Å². The molecule has 1 atom stereocenters. The molecule has 0 bridgehead atoms. The first kappa shape index (κ1) is 18.3. The summed E-state index contributed by atoms with van der Waals surface area (Å²) in [6.07, 6.45) is 2.31. The average molecular weight is 370 g/mol. The van der Waals surface area contributed by atoms with Gasteiger partial charge in [0.25, 0.3) is 5.91 Å². The Morgan fingerprint density at radius 2 is 1.89 bits per heavy atom. The first-order chi connectivity index (χ1) is 13.0. The van der Waals surface area contributed by atoms with Crippen LogP contribution in [-0.2, 0) is 4.79 Å². The van der Waals surface area contributed by atoms with Gasteiger partial charge in [-0.05, 0) is 12.1 Å². The molecule has 9 nitrogen and oxygen atoms in total. The number of hydrogen-bond donors (Lipinski definition) is 2. The zero-order chi connectivity index (χ0) is 19.2. The SMILES string of the molecule is O=C(O)c1cnc(C(=O)NC2CC(=O)N(CCOc3ccccc3)C2)cn1. The Morgan fingerprint density at radius 1 is 1.19 bits per heavy atom. The summed E-state index contributed by atoms with van der Waals surface area (Å²) in [6, 6.07) is 8.96. The van der Waals surface area contributed by atoms with Gasteiger partial charge in [0.1, 0.15) is 18.1 Å². The highest BCUT2D eigenvalue weighted by molar-refractivity contribution is 5.93. The van der Waals surface area contributed by atoms with Gasteiger partial charge in [-0.1, -0.05) is 18.2 Å². The summed E-state index contributed by atoms with van der Waals surface area (Å²) in [5.41, 5.74) is -0.245. The molecule has 0 spiro atoms. The molecular formula is C18H18N4O5. The molecule has 27 heavy (non-hydrogen) atoms. The molecule has 2 amide bonds. The van der Waals surface area contributed by atoms with Gasteiger partial charge in [-0.2, -0.15) is 0 Å². The number of carboxylic acids is 1. The lowest BCUT2D eigenvalue weighted by atomic mass is 10.2. The zero-order valence-corrected chi connectivity index (χ0v) is 14.4. The Balaban J connectivity index is 1.48. The number of amides is 2. The number of aromatic nitrogens is 2. The topological polar surface area (TPSA) is 122 Å². The molecule has 1 aliphatic heterocycles. The maximum absolute atomic E-state index is 12.2. The van der Waals surface area contributed by atoms with Crippen LogP contribution >= 0.6 is 0 Å². The third kappa shape index (κ3) is 4.78. The van der Waals surface area contributed by atoms with Crippen molar-refractivity contribution >= 4 is 17.8 Å². The second-order valence-corrected chi connectivity index (χ2v) is 5.97. The summed E-state index contributed by atoms with van der Waals surface area (Å²) in [6.45, 7) is 1.16. The van der Waals surface area contributed by atoms with Gasteiger partial charge in [0.05, 0.1) is 25.0 Å². The van der Waals surface area contributed by atoms with E-state index in [-0.39, 0.29) is 29.8 Å². The van der Waals surface area contributed by atoms with E-state index in [9.17, 15) is 14.4 Å². The van der Waals surface area contributed by atoms with Crippen molar-refractivity contribution in [2.24, 2.45) is 0 Å². The predicted octanol–water partition coefficient (Wildman–Crippen LogP) is 0.584. The molecule has 1 aliphatic rings. The highest BCUT2D eigenvalue weighted by Crippen LogP contribution is 2.13. The summed E-state index contributed by atoms with van der Waals surface area (Å²) in [4.78, 5) is 44.1. The van der Waals surface area contributed by atoms with Crippen LogP contribution in [0.5, 0.6) is 5.75 Å². The third-order valence-electron chi connectivity index (χ3n) is 4.03. The fourth-order valence-electron chi connectivity index (χ4n) is 2.69. The van der Waals surface area contributed by atoms with Crippen molar-refractivity contribution in [1.82, 2.24) is 20.2 Å². The van der Waals surface area contributed by atoms with Crippen molar-refractivity contribution in [2.75, 3.05) is 19.7 Å². The van der Waals surface area contributed by atoms with Crippen molar-refractivity contribution in [3.05, 3.63) is 54.1 Å². The Bertz CT molecular complexity index is 825. The molecule has 2 aromatic rings. The first-order valence-corrected chi connectivity index (χ1v) is 8.35. The van der Waals surface area contributed by atoms with Crippen molar-refractivity contribution in [3.8, 4) is 5.75 Å². The molecule has 1 saturated heterocycles. The number of carboxylic acid groups (broad SMARTS) is 1. The van der Waals surface area contributed by atoms with Crippen LogP contribution in [0.25, 0.3) is 0 Å². The number of nitrogens with one attached hydrogen (secondary N) is 1. The Kier molecular flexibility index (Phi) is 5.60. The van der Waals surface area contributed by atoms with Gasteiger partial charge >= 0.3 is 5.97 Å². The predicted molar refractivity (Wildman–Crippen MR) is 93.4 cm³/mol. The van der Waals surface area contributed by atoms with Gasteiger partial charge in [0, 0.05) is 13.0 Å². The van der Waals surface area contributed by atoms with Gasteiger partial charge in [0.15, 0.2) is 5.69 Å². The maximum atomic E-state index is 12.2. The lowest BCUT2D eigenvalue weighted by molar-refractivity contribution is -0.128. The smallest absolute Gasteiger partial charge is 0.356 e. The number of aromatic carboxylic acids is 1. The van der Waals surface area contributed by atoms with Gasteiger partial charge < -0.3 is 20.1 Å². The van der Waals surface area contributed by atoms with E-state index in [1.165, 1.54) is 0 Å². The van der Waals surface area contributed by atoms with E-state index in [4.69, 9.17) is 9.84 Å². The lowest BCUT2D eigenvalue weighted by Gasteiger charge is -2.17. The minimum absolute atomic E-state index is 0.00156. The molecule has 0 saturated carbocycles. The number of ether oxygens (including phenoxy) is 1. The monoisotopic (exact) mass is 370 g/mol. The van der Waals surface area contributed by atoms with Crippen LogP contribution < -0.4 is 10.1 Å². The second-order valence-electron chi connectivity index (χ2n) is 5.97. The molecule has 1 unspecified atom stereocenters. The van der Waals surface area contributed by atoms with Crippen LogP contribution in [0.1, 0.15) is 27.4 Å². The number of benzene rings is 1. The van der Waals surface area contributed by atoms with E-state index < -0.39 is 11.9 Å². The van der Waals surface area contributed by atoms with E-state index >= 15 is 0 Å². The number of carbonyl (C=O) groups excluding carboxylic acids is 2. The minimum Gasteiger partial charge on any atom is -0.492 e. The van der Waals surface area contributed by atoms with E-state index in [0.717, 1.165) is 18.1 Å². The molecule has 1 aromatic heterocycles. The number of hydrogen-bond acceptors (Lipinski definition) is 6. The standard InChI is InChI=1S/C18H18N4O5/c23-16-8-12(11-22(16)6-7-27-13-4-2-1-3-5-13)21-17(24)14-9-20-15(10-19-14)18(25)26/h1-5,9-10,12H,6-8,11H2,(H,21,24)(H,25,26). The number of carbonyl (C=O) groups is 3. The summed E-state index contributed by atoms with van der Waals surface area (Å²) in [5, 5.41) is 11.5. The highest BCUT2D eigenvalue weighted by atomic mass is 16.5. The Morgan fingerprint density at radius 3 is 2.56 bits per heavy atom. The Labute approximate surface area is 155 Å². The molecule has 1 aromatic carbocycles. The van der Waals surface area contributed by atoms with Crippen molar-refractivity contribution in [2.45, 2.75) is 12.5 Å². The summed E-state index contributed by atoms with van der Waals surface area (Å²) < 4.78 is 5.58. The summed E-state index contributed by atoms with van der Waals surface area (Å²) in [7, 11) is 0. The van der Waals surface area contributed by atoms with Crippen LogP contribution in [0.15, 0.2) is 42.7 Å². The van der Waals surface area contributed by atoms with Gasteiger partial charge in [-0.15, -0.1) is 0 Å². The van der Waals surface area contributed by atoms with Gasteiger partial charge in [-0.3, -0.25) is 9.59 Å². The van der Waals surface area contributed by atoms with Crippen molar-refractivity contribution in [3.63, 3.8) is 0 Å². The van der Waals surface area contributed by atoms with Gasteiger partial charge in [-0.25, -0.2) is 14.8 Å². The number of likely N-dealkylation sites (tertiary alicyclic amines) is 1. The first-order valence-electron chi connectivity index (χ1n) is 8.35. The van der Waals surface area contributed by atoms with Crippen LogP contribution in [0, 0.1) is 0 Å². The maximum Gasteiger partial charge on any atom is 0.356 e. The minimum atomic E-state index is -1.22. The number of para-hydroxylation sites is 1. The number of rotatable bonds is 7. The number of nitrogens with zero attached hydrogens (tertiary/aromatic N) is 3. The fourth-order valence-corrected chi connectivity index (χ4v) is 2.69. The second kappa shape index (κ2) is 8.26. The lowest BCUT2D eigenvalue weighted by Crippen LogP contribution is -2.38. The molecule has 1 fully saturated rings. The van der Waals surface area contributed by atoms with Crippen molar-refractivity contribution in [1.29, 1.82) is 0 Å². The van der Waals surface area contributed by atoms with Crippen LogP contribution in [0.4, 0.5) is 0 Å². The molecule has 9 heteroatoms. The third-order valence-corrected chi connectivity index (χ3v) is 4.03. The molecule has 0 radical (unpaired) electrons. The normalized spacial score (nSPS) is 16.2. The van der Waals surface area contributed by atoms with Crippen LogP contribution in [-0.4, -0.2) is 63.5 Å².